The van der Waals surface area contributed by atoms with E-state index in [-0.39, 0.29) is 0 Å². The van der Waals surface area contributed by atoms with Crippen LogP contribution in [0.1, 0.15) is 53.4 Å². The molecule has 6 heteroatoms. The smallest absolute Gasteiger partial charge is 0.328 e. The van der Waals surface area contributed by atoms with Crippen LogP contribution < -0.4 is 5.32 Å². The van der Waals surface area contributed by atoms with Crippen molar-refractivity contribution >= 4 is 29.9 Å². The molecule has 0 aromatic rings. The average molecular weight is 408 g/mol. The fourth-order valence-electron chi connectivity index (χ4n) is 2.23. The molecule has 0 radical (unpaired) electrons. The first-order chi connectivity index (χ1) is 13.2. The summed E-state index contributed by atoms with van der Waals surface area (Å²) in [6.07, 6.45) is 13.2. The molecular weight excluding hydrogens is 374 g/mol. The molecule has 5 nitrogen and oxygen atoms in total. The number of rotatable bonds is 14. The average Bonchev–Trinajstić information content (AvgIpc) is 2.62. The van der Waals surface area contributed by atoms with Crippen molar-refractivity contribution in [3.05, 3.63) is 47.1 Å². The number of thioether (sulfide) groups is 1. The van der Waals surface area contributed by atoms with Crippen LogP contribution in [-0.2, 0) is 14.4 Å². The predicted octanol–water partition coefficient (Wildman–Crippen LogP) is 4.46. The van der Waals surface area contributed by atoms with Crippen LogP contribution in [0.2, 0.25) is 0 Å². The molecule has 28 heavy (non-hydrogen) atoms. The van der Waals surface area contributed by atoms with Crippen molar-refractivity contribution in [3.63, 3.8) is 0 Å². The Morgan fingerprint density at radius 1 is 0.964 bits per heavy atom. The number of allylic oxidation sites excluding steroid dienone is 5. The lowest BCUT2D eigenvalue weighted by Crippen LogP contribution is -2.36. The van der Waals surface area contributed by atoms with Crippen molar-refractivity contribution < 1.29 is 19.5 Å². The molecule has 0 heterocycles. The molecule has 0 spiro atoms. The van der Waals surface area contributed by atoms with Gasteiger partial charge in [-0.3, -0.25) is 4.79 Å². The second-order valence-electron chi connectivity index (χ2n) is 6.92. The molecule has 1 amide bonds. The molecule has 0 aromatic heterocycles. The summed E-state index contributed by atoms with van der Waals surface area (Å²) in [4.78, 5) is 32.9. The minimum absolute atomic E-state index is 0.448. The monoisotopic (exact) mass is 407 g/mol. The third kappa shape index (κ3) is 16.1. The first-order valence-electron chi connectivity index (χ1n) is 9.43. The van der Waals surface area contributed by atoms with Crippen molar-refractivity contribution in [2.75, 3.05) is 11.5 Å². The normalized spacial score (nSPS) is 13.3. The zero-order valence-electron chi connectivity index (χ0n) is 17.4. The predicted molar refractivity (Wildman–Crippen MR) is 118 cm³/mol. The zero-order valence-corrected chi connectivity index (χ0v) is 18.2. The van der Waals surface area contributed by atoms with Crippen LogP contribution in [0.5, 0.6) is 0 Å². The van der Waals surface area contributed by atoms with E-state index >= 15 is 0 Å². The van der Waals surface area contributed by atoms with Crippen molar-refractivity contribution in [1.82, 2.24) is 5.32 Å². The quantitative estimate of drug-likeness (QED) is 0.192. The van der Waals surface area contributed by atoms with E-state index in [9.17, 15) is 14.4 Å². The van der Waals surface area contributed by atoms with Gasteiger partial charge in [0.15, 0.2) is 0 Å². The third-order valence-electron chi connectivity index (χ3n) is 3.84. The Morgan fingerprint density at radius 3 is 2.14 bits per heavy atom. The van der Waals surface area contributed by atoms with Crippen LogP contribution in [0.25, 0.3) is 0 Å². The summed E-state index contributed by atoms with van der Waals surface area (Å²) in [5.74, 6) is -0.576. The molecule has 2 N–H and O–H groups in total. The Morgan fingerprint density at radius 2 is 1.57 bits per heavy atom. The minimum atomic E-state index is -1.20. The van der Waals surface area contributed by atoms with E-state index in [1.54, 1.807) is 11.8 Å². The summed E-state index contributed by atoms with van der Waals surface area (Å²) in [6.45, 7) is 8.51. The van der Waals surface area contributed by atoms with Crippen molar-refractivity contribution in [3.8, 4) is 0 Å². The summed E-state index contributed by atoms with van der Waals surface area (Å²) in [5.41, 5.74) is 4.08. The molecule has 0 aliphatic rings. The Bertz CT molecular complexity index is 628. The van der Waals surface area contributed by atoms with Crippen LogP contribution in [0.15, 0.2) is 47.1 Å². The van der Waals surface area contributed by atoms with E-state index in [0.29, 0.717) is 12.0 Å². The SMILES string of the molecule is CC(C)=CCC/C(C)=C/CC/C(C)=C/CSC[C@@H](C=O)NC(=O)/C=C/C(=O)O. The van der Waals surface area contributed by atoms with Gasteiger partial charge in [-0.2, -0.15) is 11.8 Å². The van der Waals surface area contributed by atoms with Gasteiger partial charge in [0.05, 0.1) is 6.04 Å². The number of nitrogens with one attached hydrogen (secondary N) is 1. The summed E-state index contributed by atoms with van der Waals surface area (Å²) in [7, 11) is 0. The van der Waals surface area contributed by atoms with Gasteiger partial charge in [0, 0.05) is 23.7 Å². The topological polar surface area (TPSA) is 83.5 Å². The molecule has 0 rings (SSSR count). The van der Waals surface area contributed by atoms with Gasteiger partial charge in [0.2, 0.25) is 5.91 Å². The largest absolute Gasteiger partial charge is 0.478 e. The highest BCUT2D eigenvalue weighted by Crippen LogP contribution is 2.12. The third-order valence-corrected chi connectivity index (χ3v) is 4.84. The van der Waals surface area contributed by atoms with Crippen LogP contribution in [0.4, 0.5) is 0 Å². The maximum absolute atomic E-state index is 11.5. The molecule has 0 fully saturated rings. The summed E-state index contributed by atoms with van der Waals surface area (Å²) in [6, 6.07) is -0.629. The lowest BCUT2D eigenvalue weighted by atomic mass is 10.1. The summed E-state index contributed by atoms with van der Waals surface area (Å²) >= 11 is 1.55. The van der Waals surface area contributed by atoms with Gasteiger partial charge in [0.1, 0.15) is 6.29 Å². The fraction of sp³-hybridized carbons (Fsp3) is 0.500. The van der Waals surface area contributed by atoms with E-state index < -0.39 is 17.9 Å². The van der Waals surface area contributed by atoms with E-state index in [2.05, 4.69) is 51.2 Å². The van der Waals surface area contributed by atoms with Gasteiger partial charge in [0.25, 0.3) is 0 Å². The first-order valence-corrected chi connectivity index (χ1v) is 10.6. The standard InChI is InChI=1S/C22H33NO4S/c1-17(2)7-5-8-18(3)9-6-10-19(4)13-14-28-16-20(15-24)23-21(25)11-12-22(26)27/h7,9,11-13,15,20H,5-6,8,10,14,16H2,1-4H3,(H,23,25)(H,26,27)/b12-11+,18-9+,19-13+/t20-/m1/s1. The first kappa shape index (κ1) is 25.9. The van der Waals surface area contributed by atoms with Crippen molar-refractivity contribution in [2.24, 2.45) is 0 Å². The number of carbonyl (C=O) groups excluding carboxylic acids is 2. The molecule has 0 bridgehead atoms. The lowest BCUT2D eigenvalue weighted by molar-refractivity contribution is -0.131. The number of hydrogen-bond donors (Lipinski definition) is 2. The maximum Gasteiger partial charge on any atom is 0.328 e. The number of carboxylic acid groups (broad SMARTS) is 1. The number of hydrogen-bond acceptors (Lipinski definition) is 4. The van der Waals surface area contributed by atoms with Gasteiger partial charge >= 0.3 is 5.97 Å². The molecule has 0 aliphatic heterocycles. The summed E-state index contributed by atoms with van der Waals surface area (Å²) in [5, 5.41) is 10.9. The molecule has 1 atom stereocenters. The fourth-order valence-corrected chi connectivity index (χ4v) is 3.18. The molecule has 0 aliphatic carbocycles. The van der Waals surface area contributed by atoms with Crippen molar-refractivity contribution in [2.45, 2.75) is 59.4 Å². The van der Waals surface area contributed by atoms with Gasteiger partial charge < -0.3 is 15.2 Å². The van der Waals surface area contributed by atoms with E-state index in [1.165, 1.54) is 16.7 Å². The minimum Gasteiger partial charge on any atom is -0.478 e. The Labute approximate surface area is 173 Å². The van der Waals surface area contributed by atoms with Gasteiger partial charge in [-0.05, 0) is 53.4 Å². The number of amides is 1. The van der Waals surface area contributed by atoms with Crippen LogP contribution >= 0.6 is 11.8 Å². The Balaban J connectivity index is 4.12. The summed E-state index contributed by atoms with van der Waals surface area (Å²) < 4.78 is 0. The highest BCUT2D eigenvalue weighted by molar-refractivity contribution is 7.99. The van der Waals surface area contributed by atoms with Crippen LogP contribution in [0.3, 0.4) is 0 Å². The van der Waals surface area contributed by atoms with Crippen LogP contribution in [-0.4, -0.2) is 40.8 Å². The number of carboxylic acids is 1. The number of carbonyl (C=O) groups is 3. The Kier molecular flexibility index (Phi) is 14.7. The highest BCUT2D eigenvalue weighted by Gasteiger charge is 2.09. The zero-order chi connectivity index (χ0) is 21.4. The number of aldehydes is 1. The van der Waals surface area contributed by atoms with Gasteiger partial charge in [-0.1, -0.05) is 34.9 Å². The second-order valence-corrected chi connectivity index (χ2v) is 7.99. The van der Waals surface area contributed by atoms with E-state index in [0.717, 1.165) is 43.6 Å². The van der Waals surface area contributed by atoms with E-state index in [4.69, 9.17) is 5.11 Å². The van der Waals surface area contributed by atoms with E-state index in [1.807, 2.05) is 0 Å². The second kappa shape index (κ2) is 15.9. The number of aliphatic carboxylic acids is 1. The molecule has 0 saturated heterocycles. The molecule has 0 saturated carbocycles. The molecule has 0 aromatic carbocycles. The molecule has 156 valence electrons. The lowest BCUT2D eigenvalue weighted by Gasteiger charge is -2.10. The highest BCUT2D eigenvalue weighted by atomic mass is 32.2. The molecule has 0 unspecified atom stereocenters. The van der Waals surface area contributed by atoms with Gasteiger partial charge in [-0.25, -0.2) is 4.79 Å². The van der Waals surface area contributed by atoms with Crippen LogP contribution in [0, 0.1) is 0 Å². The molecular formula is C22H33NO4S. The van der Waals surface area contributed by atoms with Gasteiger partial charge in [-0.15, -0.1) is 0 Å². The van der Waals surface area contributed by atoms with Crippen molar-refractivity contribution in [1.29, 1.82) is 0 Å². The maximum atomic E-state index is 11.5. The Hall–Kier alpha value is -2.08.